The molecule has 0 radical (unpaired) electrons. The number of aromatic nitrogens is 2. The number of hydrogen-bond donors (Lipinski definition) is 1. The van der Waals surface area contributed by atoms with Crippen LogP contribution in [0.15, 0.2) is 35.4 Å². The molecule has 0 unspecified atom stereocenters. The predicted octanol–water partition coefficient (Wildman–Crippen LogP) is 3.48. The van der Waals surface area contributed by atoms with Crippen molar-refractivity contribution in [1.82, 2.24) is 9.55 Å². The second-order valence-corrected chi connectivity index (χ2v) is 8.21. The second-order valence-electron chi connectivity index (χ2n) is 8.21. The van der Waals surface area contributed by atoms with Crippen LogP contribution in [0.25, 0.3) is 0 Å². The van der Waals surface area contributed by atoms with E-state index in [0.717, 1.165) is 16.8 Å². The Kier molecular flexibility index (Phi) is 4.71. The molecule has 1 aromatic heterocycles. The van der Waals surface area contributed by atoms with E-state index in [4.69, 9.17) is 9.47 Å². The van der Waals surface area contributed by atoms with Crippen LogP contribution in [0.2, 0.25) is 0 Å². The summed E-state index contributed by atoms with van der Waals surface area (Å²) in [6, 6.07) is 7.37. The Labute approximate surface area is 163 Å². The summed E-state index contributed by atoms with van der Waals surface area (Å²) in [5.41, 5.74) is 3.01. The van der Waals surface area contributed by atoms with Gasteiger partial charge in [0.2, 0.25) is 0 Å². The number of rotatable bonds is 6. The molecule has 1 aromatic carbocycles. The van der Waals surface area contributed by atoms with Gasteiger partial charge in [-0.1, -0.05) is 26.0 Å². The Morgan fingerprint density at radius 1 is 1.29 bits per heavy atom. The maximum Gasteiger partial charge on any atom is 0.412 e. The number of anilines is 1. The van der Waals surface area contributed by atoms with Crippen LogP contribution in [-0.4, -0.2) is 22.8 Å². The smallest absolute Gasteiger partial charge is 0.412 e. The van der Waals surface area contributed by atoms with E-state index in [0.29, 0.717) is 24.8 Å². The van der Waals surface area contributed by atoms with Crippen molar-refractivity contribution in [3.8, 4) is 0 Å². The maximum absolute atomic E-state index is 12.3. The number of nitrogens with one attached hydrogen (secondary N) is 1. The molecule has 2 aromatic rings. The minimum absolute atomic E-state index is 0.105. The first-order chi connectivity index (χ1) is 13.4. The van der Waals surface area contributed by atoms with Gasteiger partial charge in [-0.05, 0) is 30.4 Å². The molecule has 0 saturated heterocycles. The van der Waals surface area contributed by atoms with Crippen molar-refractivity contribution in [2.75, 3.05) is 12.4 Å². The highest BCUT2D eigenvalue weighted by Gasteiger charge is 2.47. The van der Waals surface area contributed by atoms with E-state index in [1.807, 2.05) is 18.2 Å². The van der Waals surface area contributed by atoms with Crippen LogP contribution in [0.5, 0.6) is 0 Å². The number of fused-ring (bicyclic) bond motifs is 1. The minimum Gasteiger partial charge on any atom is -0.440 e. The number of carbonyl (C=O) groups excluding carboxylic acids is 1. The first-order valence-electron chi connectivity index (χ1n) is 9.53. The van der Waals surface area contributed by atoms with E-state index in [2.05, 4.69) is 24.1 Å². The molecule has 7 nitrogen and oxygen atoms in total. The Morgan fingerprint density at radius 3 is 2.75 bits per heavy atom. The van der Waals surface area contributed by atoms with E-state index in [9.17, 15) is 9.59 Å². The van der Waals surface area contributed by atoms with E-state index in [1.165, 1.54) is 29.8 Å². The van der Waals surface area contributed by atoms with Gasteiger partial charge in [-0.3, -0.25) is 14.7 Å². The van der Waals surface area contributed by atoms with Crippen LogP contribution < -0.4 is 10.9 Å². The van der Waals surface area contributed by atoms with Crippen molar-refractivity contribution in [3.05, 3.63) is 57.8 Å². The van der Waals surface area contributed by atoms with Crippen LogP contribution in [-0.2, 0) is 22.6 Å². The quantitative estimate of drug-likeness (QED) is 0.826. The number of benzene rings is 1. The molecule has 1 aliphatic carbocycles. The first kappa shape index (κ1) is 18.7. The van der Waals surface area contributed by atoms with Gasteiger partial charge in [0.1, 0.15) is 6.10 Å². The minimum atomic E-state index is -0.425. The van der Waals surface area contributed by atoms with E-state index < -0.39 is 6.09 Å². The fourth-order valence-corrected chi connectivity index (χ4v) is 3.95. The van der Waals surface area contributed by atoms with Gasteiger partial charge < -0.3 is 9.47 Å². The number of nitrogens with zero attached hydrogens (tertiary/aromatic N) is 2. The molecule has 0 spiro atoms. The largest absolute Gasteiger partial charge is 0.440 e. The SMILES string of the molecule is COCc1cc(=O)n(Cc2ccc3c(c2)NC(=O)O[C@H]3C(C)(C)C2CC2)cn1. The van der Waals surface area contributed by atoms with Gasteiger partial charge in [-0.15, -0.1) is 0 Å². The highest BCUT2D eigenvalue weighted by molar-refractivity contribution is 5.88. The lowest BCUT2D eigenvalue weighted by Crippen LogP contribution is -2.34. The molecule has 1 fully saturated rings. The number of methoxy groups -OCH3 is 1. The summed E-state index contributed by atoms with van der Waals surface area (Å²) in [7, 11) is 1.57. The molecule has 7 heteroatoms. The lowest BCUT2D eigenvalue weighted by atomic mass is 9.77. The summed E-state index contributed by atoms with van der Waals surface area (Å²) in [5, 5.41) is 2.81. The molecule has 2 aliphatic rings. The Hall–Kier alpha value is -2.67. The van der Waals surface area contributed by atoms with E-state index >= 15 is 0 Å². The third-order valence-electron chi connectivity index (χ3n) is 5.75. The fraction of sp³-hybridized carbons (Fsp3) is 0.476. The summed E-state index contributed by atoms with van der Waals surface area (Å²) in [6.45, 7) is 5.01. The van der Waals surface area contributed by atoms with Crippen molar-refractivity contribution >= 4 is 11.8 Å². The summed E-state index contributed by atoms with van der Waals surface area (Å²) in [4.78, 5) is 28.7. The molecule has 1 aliphatic heterocycles. The lowest BCUT2D eigenvalue weighted by molar-refractivity contribution is 0.0129. The molecular weight excluding hydrogens is 358 g/mol. The van der Waals surface area contributed by atoms with Gasteiger partial charge >= 0.3 is 6.09 Å². The Bertz CT molecular complexity index is 962. The second kappa shape index (κ2) is 7.05. The van der Waals surface area contributed by atoms with Crippen molar-refractivity contribution in [2.45, 2.75) is 45.9 Å². The Morgan fingerprint density at radius 2 is 2.07 bits per heavy atom. The molecule has 1 saturated carbocycles. The maximum atomic E-state index is 12.3. The predicted molar refractivity (Wildman–Crippen MR) is 104 cm³/mol. The standard InChI is InChI=1S/C21H25N3O4/c1-21(2,14-5-6-14)19-16-7-4-13(8-17(16)23-20(26)28-19)10-24-12-22-15(11-27-3)9-18(24)25/h4,7-9,12,14,19H,5-6,10-11H2,1-3H3,(H,23,26)/t19-/m1/s1. The molecule has 1 N–H and O–H groups in total. The topological polar surface area (TPSA) is 82.5 Å². The van der Waals surface area contributed by atoms with Crippen molar-refractivity contribution in [2.24, 2.45) is 11.3 Å². The number of ether oxygens (including phenoxy) is 2. The van der Waals surface area contributed by atoms with Gasteiger partial charge in [0, 0.05) is 24.2 Å². The van der Waals surface area contributed by atoms with Gasteiger partial charge in [0.15, 0.2) is 0 Å². The third kappa shape index (κ3) is 3.54. The summed E-state index contributed by atoms with van der Waals surface area (Å²) in [6.07, 6.45) is 3.19. The van der Waals surface area contributed by atoms with Gasteiger partial charge in [0.25, 0.3) is 5.56 Å². The van der Waals surface area contributed by atoms with Crippen LogP contribution in [0, 0.1) is 11.3 Å². The van der Waals surface area contributed by atoms with Gasteiger partial charge in [-0.2, -0.15) is 0 Å². The normalized spacial score (nSPS) is 19.0. The van der Waals surface area contributed by atoms with Gasteiger partial charge in [-0.25, -0.2) is 9.78 Å². The van der Waals surface area contributed by atoms with Crippen LogP contribution in [0.4, 0.5) is 10.5 Å². The fourth-order valence-electron chi connectivity index (χ4n) is 3.95. The van der Waals surface area contributed by atoms with Crippen molar-refractivity contribution in [3.63, 3.8) is 0 Å². The molecule has 28 heavy (non-hydrogen) atoms. The lowest BCUT2D eigenvalue weighted by Gasteiger charge is -2.38. The molecule has 0 bridgehead atoms. The van der Waals surface area contributed by atoms with E-state index in [1.54, 1.807) is 7.11 Å². The number of hydrogen-bond acceptors (Lipinski definition) is 5. The zero-order valence-corrected chi connectivity index (χ0v) is 16.4. The van der Waals surface area contributed by atoms with E-state index in [-0.39, 0.29) is 17.1 Å². The third-order valence-corrected chi connectivity index (χ3v) is 5.75. The van der Waals surface area contributed by atoms with Crippen molar-refractivity contribution < 1.29 is 14.3 Å². The average Bonchev–Trinajstić information content (AvgIpc) is 3.49. The molecule has 2 heterocycles. The molecule has 148 valence electrons. The zero-order chi connectivity index (χ0) is 19.9. The van der Waals surface area contributed by atoms with Crippen LogP contribution in [0.1, 0.15) is 49.6 Å². The average molecular weight is 383 g/mol. The molecule has 1 atom stereocenters. The zero-order valence-electron chi connectivity index (χ0n) is 16.4. The summed E-state index contributed by atoms with van der Waals surface area (Å²) in [5.74, 6) is 0.575. The highest BCUT2D eigenvalue weighted by Crippen LogP contribution is 2.55. The molecule has 1 amide bonds. The number of cyclic esters (lactones) is 1. The monoisotopic (exact) mass is 383 g/mol. The van der Waals surface area contributed by atoms with Gasteiger partial charge in [0.05, 0.1) is 30.9 Å². The number of amides is 1. The van der Waals surface area contributed by atoms with Crippen LogP contribution >= 0.6 is 0 Å². The molecule has 4 rings (SSSR count). The number of carbonyl (C=O) groups is 1. The summed E-state index contributed by atoms with van der Waals surface area (Å²) >= 11 is 0. The summed E-state index contributed by atoms with van der Waals surface area (Å²) < 4.78 is 12.2. The van der Waals surface area contributed by atoms with Crippen LogP contribution in [0.3, 0.4) is 0 Å². The molecular formula is C21H25N3O4. The first-order valence-corrected chi connectivity index (χ1v) is 9.53. The van der Waals surface area contributed by atoms with Crippen molar-refractivity contribution in [1.29, 1.82) is 0 Å². The highest BCUT2D eigenvalue weighted by atomic mass is 16.6. The Balaban J connectivity index is 1.61.